The van der Waals surface area contributed by atoms with Gasteiger partial charge in [-0.1, -0.05) is 449 Å². The van der Waals surface area contributed by atoms with Crippen LogP contribution in [-0.4, -0.2) is 43.6 Å². The molecule has 6 aromatic heterocycles. The van der Waals surface area contributed by atoms with Crippen LogP contribution in [0.3, 0.4) is 0 Å². The first-order valence-electron chi connectivity index (χ1n) is 50.1. The van der Waals surface area contributed by atoms with Crippen LogP contribution in [0.5, 0.6) is 0 Å². The van der Waals surface area contributed by atoms with E-state index >= 15 is 13.7 Å². The van der Waals surface area contributed by atoms with Crippen molar-refractivity contribution in [1.82, 2.24) is 43.6 Å². The van der Waals surface area contributed by atoms with E-state index in [1.807, 2.05) is 188 Å². The highest BCUT2D eigenvalue weighted by Crippen LogP contribution is 2.59. The molecule has 0 amide bonds. The average molecular weight is 1960 g/mol. The molecule has 0 radical (unpaired) electrons. The van der Waals surface area contributed by atoms with Crippen LogP contribution in [0.2, 0.25) is 0 Å². The van der Waals surface area contributed by atoms with Crippen molar-refractivity contribution in [3.63, 3.8) is 0 Å². The Kier molecular flexibility index (Phi) is 20.2. The monoisotopic (exact) mass is 1960 g/mol. The summed E-state index contributed by atoms with van der Waals surface area (Å²) in [6, 6.07) is 175. The maximum Gasteiger partial charge on any atom is 0.235 e. The topological polar surface area (TPSA) is 143 Å². The van der Waals surface area contributed by atoms with Crippen LogP contribution < -0.4 is 47.7 Å². The Labute approximate surface area is 856 Å². The smallest absolute Gasteiger partial charge is 0.235 e. The maximum atomic E-state index is 15.5. The molecule has 31 rings (SSSR count). The minimum atomic E-state index is -3.16. The molecule has 3 unspecified atom stereocenters. The lowest BCUT2D eigenvalue weighted by molar-refractivity contribution is 0.592. The average Bonchev–Trinajstić information content (AvgIpc) is 1.53. The van der Waals surface area contributed by atoms with E-state index in [-0.39, 0.29) is 0 Å². The molecule has 0 bridgehead atoms. The zero-order valence-corrected chi connectivity index (χ0v) is 82.8. The predicted octanol–water partition coefficient (Wildman–Crippen LogP) is 29.7. The number of rotatable bonds is 11. The number of hydrogen-bond donors (Lipinski definition) is 0. The van der Waals surface area contributed by atoms with Crippen LogP contribution in [0.1, 0.15) is 0 Å². The first-order chi connectivity index (χ1) is 73.6. The van der Waals surface area contributed by atoms with Gasteiger partial charge in [-0.25, -0.2) is 29.9 Å². The van der Waals surface area contributed by atoms with E-state index in [9.17, 15) is 0 Å². The zero-order chi connectivity index (χ0) is 98.7. The highest BCUT2D eigenvalue weighted by molar-refractivity contribution is 7.87. The first-order valence-corrected chi connectivity index (χ1v) is 55.2. The number of aromatic nitrogens is 9. The normalized spacial score (nSPS) is 15.1. The number of nitrogens with zero attached hydrogens (tertiary/aromatic N) is 9. The van der Waals surface area contributed by atoms with E-state index in [1.165, 1.54) is 27.3 Å². The molecule has 22 aromatic carbocycles. The van der Waals surface area contributed by atoms with Crippen molar-refractivity contribution < 1.29 is 13.7 Å². The van der Waals surface area contributed by atoms with Crippen molar-refractivity contribution in [1.29, 1.82) is 0 Å². The van der Waals surface area contributed by atoms with Crippen molar-refractivity contribution in [2.24, 2.45) is 0 Å². The zero-order valence-electron chi connectivity index (χ0n) is 80.1. The lowest BCUT2D eigenvalue weighted by Crippen LogP contribution is -2.20. The summed E-state index contributed by atoms with van der Waals surface area (Å²) < 4.78 is 53.0. The molecule has 28 aromatic rings. The van der Waals surface area contributed by atoms with Crippen LogP contribution in [0.15, 0.2) is 510 Å². The van der Waals surface area contributed by atoms with Crippen molar-refractivity contribution in [2.75, 3.05) is 0 Å². The van der Waals surface area contributed by atoms with Gasteiger partial charge in [0.05, 0.1) is 66.7 Å². The standard InChI is InChI=1S/C48H30N3OP.C44H28N3OP.C42H26N3OP/c52-53(34-15-2-1-3-16-34)43-24-11-8-20-40(43)45-44(53)30-29-38-37-18-7-10-23-42(37)51(47(38)45)48-49-41-22-9-6-19-39(41)46(50-48)33-27-25-32(26-28-33)36-21-12-14-31-13-4-5-17-35(31)36;48-49(32-15-5-2-6-16-32)39-22-12-9-19-36(39)41-40(49)28-27-34-33-17-8-11-21-38(33)47(43(34)41)44-45-37-20-10-7-18-35(37)42(46-44)31-25-23-30(24-26-31)29-13-3-1-4-14-29;46-47(30-14-2-1-3-15-30)37-21-11-8-18-34(37)39-38(47)25-24-32-31-16-7-10-20-36(31)45(41(32)39)42-43-35-19-9-6-17-33(35)40(44-42)29-23-22-27-12-4-5-13-28(27)26-29/h1-30H;1-28H;1-26H. The lowest BCUT2D eigenvalue weighted by Gasteiger charge is -2.16. The van der Waals surface area contributed by atoms with Crippen LogP contribution >= 0.6 is 21.4 Å². The molecule has 0 N–H and O–H groups in total. The van der Waals surface area contributed by atoms with E-state index in [4.69, 9.17) is 29.9 Å². The summed E-state index contributed by atoms with van der Waals surface area (Å²) in [4.78, 5) is 31.9. The minimum Gasteiger partial charge on any atom is -0.309 e. The molecule has 15 heteroatoms. The van der Waals surface area contributed by atoms with Crippen molar-refractivity contribution in [3.05, 3.63) is 510 Å². The number of fused-ring (bicyclic) bond motifs is 26. The van der Waals surface area contributed by atoms with E-state index in [1.54, 1.807) is 0 Å². The Hall–Kier alpha value is -18.5. The lowest BCUT2D eigenvalue weighted by atomic mass is 9.96. The summed E-state index contributed by atoms with van der Waals surface area (Å²) in [5.74, 6) is 1.75. The third-order valence-corrected chi connectivity index (χ3v) is 39.7. The largest absolute Gasteiger partial charge is 0.309 e. The molecule has 0 aliphatic carbocycles. The van der Waals surface area contributed by atoms with Gasteiger partial charge in [-0.15, -0.1) is 0 Å². The second kappa shape index (κ2) is 34.6. The second-order valence-corrected chi connectivity index (χ2v) is 46.4. The summed E-state index contributed by atoms with van der Waals surface area (Å²) in [6.45, 7) is 0. The van der Waals surface area contributed by atoms with E-state index in [2.05, 4.69) is 335 Å². The van der Waals surface area contributed by atoms with Gasteiger partial charge in [0.2, 0.25) is 17.8 Å². The molecular formula is C134H84N9O3P3. The van der Waals surface area contributed by atoms with Crippen molar-refractivity contribution >= 4 is 189 Å². The quantitative estimate of drug-likeness (QED) is 0.116. The van der Waals surface area contributed by atoms with E-state index in [0.717, 1.165) is 230 Å². The molecule has 0 fully saturated rings. The Morgan fingerprint density at radius 3 is 0.852 bits per heavy atom. The van der Waals surface area contributed by atoms with Gasteiger partial charge < -0.3 is 13.7 Å². The summed E-state index contributed by atoms with van der Waals surface area (Å²) in [6.07, 6.45) is 0. The molecule has 9 heterocycles. The molecule has 3 atom stereocenters. The first kappa shape index (κ1) is 87.1. The van der Waals surface area contributed by atoms with Gasteiger partial charge in [0.15, 0.2) is 21.4 Å². The van der Waals surface area contributed by atoms with Gasteiger partial charge in [0.25, 0.3) is 0 Å². The summed E-state index contributed by atoms with van der Waals surface area (Å²) in [5.41, 5.74) is 24.9. The molecule has 698 valence electrons. The molecule has 149 heavy (non-hydrogen) atoms. The maximum absolute atomic E-state index is 15.5. The third kappa shape index (κ3) is 13.5. The number of hydrogen-bond acceptors (Lipinski definition) is 9. The van der Waals surface area contributed by atoms with Crippen LogP contribution in [-0.2, 0) is 13.7 Å². The molecule has 0 spiro atoms. The van der Waals surface area contributed by atoms with Crippen molar-refractivity contribution in [3.8, 4) is 107 Å². The minimum absolute atomic E-state index is 0.579. The third-order valence-electron chi connectivity index (χ3n) is 30.3. The number of benzene rings is 22. The van der Waals surface area contributed by atoms with Gasteiger partial charge >= 0.3 is 0 Å². The van der Waals surface area contributed by atoms with Crippen LogP contribution in [0, 0.1) is 0 Å². The molecule has 12 nitrogen and oxygen atoms in total. The Bertz CT molecular complexity index is 10600. The summed E-state index contributed by atoms with van der Waals surface area (Å²) in [7, 11) is -9.44. The molecular weight excluding hydrogens is 1880 g/mol. The van der Waals surface area contributed by atoms with Gasteiger partial charge in [-0.05, 0) is 121 Å². The van der Waals surface area contributed by atoms with Gasteiger partial charge in [-0.2, -0.15) is 0 Å². The number of para-hydroxylation sites is 6. The highest BCUT2D eigenvalue weighted by atomic mass is 31.2. The predicted molar refractivity (Wildman–Crippen MR) is 619 cm³/mol. The molecule has 0 saturated heterocycles. The van der Waals surface area contributed by atoms with Crippen LogP contribution in [0.25, 0.3) is 227 Å². The van der Waals surface area contributed by atoms with Crippen LogP contribution in [0.4, 0.5) is 0 Å². The Morgan fingerprint density at radius 1 is 0.168 bits per heavy atom. The highest BCUT2D eigenvalue weighted by Gasteiger charge is 2.46. The van der Waals surface area contributed by atoms with E-state index in [0.29, 0.717) is 17.8 Å². The second-order valence-electron chi connectivity index (χ2n) is 38.3. The summed E-state index contributed by atoms with van der Waals surface area (Å²) in [5, 5.41) is 22.0. The van der Waals surface area contributed by atoms with Crippen molar-refractivity contribution in [2.45, 2.75) is 0 Å². The fraction of sp³-hybridized carbons (Fsp3) is 0. The van der Waals surface area contributed by atoms with Gasteiger partial charge in [-0.3, -0.25) is 13.7 Å². The van der Waals surface area contributed by atoms with Gasteiger partial charge in [0.1, 0.15) is 0 Å². The Balaban J connectivity index is 0.000000105. The van der Waals surface area contributed by atoms with E-state index < -0.39 is 21.4 Å². The fourth-order valence-corrected chi connectivity index (χ4v) is 32.8. The fourth-order valence-electron chi connectivity index (χ4n) is 23.6. The molecule has 3 aliphatic rings. The molecule has 0 saturated carbocycles. The SMILES string of the molecule is O=P1(c2ccccc2)c2ccccc2-c2c1ccc1c3ccccc3n(-c3nc(-c4ccc(-c5cccc6ccccc56)cc4)c4ccccc4n3)c21.O=P1(c2ccccc2)c2ccccc2-c2c1ccc1c3ccccc3n(-c3nc(-c4ccc(-c5ccccc5)cc4)c4ccccc4n3)c21.O=P1(c2ccccc2)c2ccccc2-c2c1ccc1c3ccccc3n(-c3nc(-c4ccc5ccccc5c4)c4ccccc4n3)c21. The summed E-state index contributed by atoms with van der Waals surface area (Å²) >= 11 is 0. The van der Waals surface area contributed by atoms with Gasteiger partial charge in [0, 0.05) is 130 Å². The Morgan fingerprint density at radius 2 is 0.450 bits per heavy atom. The molecule has 3 aliphatic heterocycles.